The Morgan fingerprint density at radius 1 is 1.31 bits per heavy atom. The lowest BCUT2D eigenvalue weighted by Crippen LogP contribution is -2.43. The number of nitrogens with zero attached hydrogens (tertiary/aromatic N) is 1. The van der Waals surface area contributed by atoms with E-state index in [1.807, 2.05) is 13.8 Å². The summed E-state index contributed by atoms with van der Waals surface area (Å²) < 4.78 is 0. The Balaban J connectivity index is 3.98. The highest BCUT2D eigenvalue weighted by Crippen LogP contribution is 2.17. The van der Waals surface area contributed by atoms with Crippen LogP contribution in [0.1, 0.15) is 20.3 Å². The summed E-state index contributed by atoms with van der Waals surface area (Å²) in [5.74, 6) is -1.58. The van der Waals surface area contributed by atoms with Crippen molar-refractivity contribution >= 4 is 11.8 Å². The van der Waals surface area contributed by atoms with Crippen molar-refractivity contribution in [2.24, 2.45) is 5.41 Å². The Morgan fingerprint density at radius 3 is 2.38 bits per heavy atom. The number of carbonyl (C=O) groups excluding carboxylic acids is 2. The minimum atomic E-state index is -0.818. The van der Waals surface area contributed by atoms with Gasteiger partial charge >= 0.3 is 11.8 Å². The van der Waals surface area contributed by atoms with E-state index in [-0.39, 0.29) is 18.6 Å². The minimum Gasteiger partial charge on any atom is -0.396 e. The first-order valence-electron chi connectivity index (χ1n) is 4.97. The number of aliphatic hydroxyl groups excluding tert-OH is 1. The molecule has 16 heavy (non-hydrogen) atoms. The predicted molar refractivity (Wildman–Crippen MR) is 57.1 cm³/mol. The third-order valence-electron chi connectivity index (χ3n) is 2.05. The van der Waals surface area contributed by atoms with E-state index in [0.29, 0.717) is 13.0 Å². The lowest BCUT2D eigenvalue weighted by molar-refractivity contribution is -0.139. The van der Waals surface area contributed by atoms with E-state index in [9.17, 15) is 9.59 Å². The van der Waals surface area contributed by atoms with Gasteiger partial charge in [0.15, 0.2) is 0 Å². The lowest BCUT2D eigenvalue weighted by atomic mass is 9.90. The van der Waals surface area contributed by atoms with Gasteiger partial charge in [0.1, 0.15) is 6.54 Å². The van der Waals surface area contributed by atoms with Crippen LogP contribution in [-0.4, -0.2) is 36.6 Å². The maximum atomic E-state index is 11.2. The van der Waals surface area contributed by atoms with E-state index < -0.39 is 11.8 Å². The molecule has 90 valence electrons. The van der Waals surface area contributed by atoms with Gasteiger partial charge in [-0.05, 0) is 11.8 Å². The summed E-state index contributed by atoms with van der Waals surface area (Å²) in [4.78, 5) is 22.3. The van der Waals surface area contributed by atoms with Crippen LogP contribution in [0.3, 0.4) is 0 Å². The van der Waals surface area contributed by atoms with Gasteiger partial charge in [0.2, 0.25) is 0 Å². The zero-order valence-corrected chi connectivity index (χ0v) is 9.54. The van der Waals surface area contributed by atoms with Gasteiger partial charge in [-0.1, -0.05) is 13.8 Å². The molecular formula is C10H17N3O3. The van der Waals surface area contributed by atoms with Crippen molar-refractivity contribution in [2.75, 3.05) is 19.7 Å². The average Bonchev–Trinajstić information content (AvgIpc) is 2.22. The molecule has 0 rings (SSSR count). The van der Waals surface area contributed by atoms with Gasteiger partial charge in [-0.15, -0.1) is 0 Å². The van der Waals surface area contributed by atoms with Crippen LogP contribution in [0.4, 0.5) is 0 Å². The van der Waals surface area contributed by atoms with Crippen LogP contribution in [0.15, 0.2) is 0 Å². The fourth-order valence-corrected chi connectivity index (χ4v) is 0.991. The second-order valence-electron chi connectivity index (χ2n) is 4.16. The summed E-state index contributed by atoms with van der Waals surface area (Å²) in [6, 6.07) is 1.70. The van der Waals surface area contributed by atoms with Crippen molar-refractivity contribution in [1.29, 1.82) is 5.26 Å². The second-order valence-corrected chi connectivity index (χ2v) is 4.16. The highest BCUT2D eigenvalue weighted by molar-refractivity contribution is 6.35. The van der Waals surface area contributed by atoms with E-state index in [4.69, 9.17) is 10.4 Å². The van der Waals surface area contributed by atoms with Crippen LogP contribution < -0.4 is 10.6 Å². The molecule has 0 bridgehead atoms. The number of nitriles is 1. The molecule has 0 heterocycles. The molecule has 0 unspecified atom stereocenters. The molecule has 0 spiro atoms. The lowest BCUT2D eigenvalue weighted by Gasteiger charge is -2.23. The largest absolute Gasteiger partial charge is 0.396 e. The van der Waals surface area contributed by atoms with Crippen LogP contribution >= 0.6 is 0 Å². The molecule has 6 heteroatoms. The molecule has 0 atom stereocenters. The van der Waals surface area contributed by atoms with E-state index in [0.717, 1.165) is 0 Å². The van der Waals surface area contributed by atoms with Crippen molar-refractivity contribution < 1.29 is 14.7 Å². The van der Waals surface area contributed by atoms with Crippen molar-refractivity contribution in [2.45, 2.75) is 20.3 Å². The molecule has 0 fully saturated rings. The van der Waals surface area contributed by atoms with Gasteiger partial charge in [-0.3, -0.25) is 9.59 Å². The van der Waals surface area contributed by atoms with Gasteiger partial charge in [-0.25, -0.2) is 0 Å². The SMILES string of the molecule is CC(C)(CCO)CNC(=O)C(=O)NCC#N. The summed E-state index contributed by atoms with van der Waals surface area (Å²) in [6.45, 7) is 3.88. The van der Waals surface area contributed by atoms with Crippen molar-refractivity contribution in [3.8, 4) is 6.07 Å². The predicted octanol–water partition coefficient (Wildman–Crippen LogP) is -0.849. The number of amides is 2. The third kappa shape index (κ3) is 5.98. The molecule has 3 N–H and O–H groups in total. The van der Waals surface area contributed by atoms with Crippen molar-refractivity contribution in [3.05, 3.63) is 0 Å². The smallest absolute Gasteiger partial charge is 0.310 e. The summed E-state index contributed by atoms with van der Waals surface area (Å²) in [5.41, 5.74) is -0.264. The standard InChI is InChI=1S/C10H17N3O3/c1-10(2,3-6-14)7-13-9(16)8(15)12-5-4-11/h14H,3,5-7H2,1-2H3,(H,12,15)(H,13,16). The highest BCUT2D eigenvalue weighted by Gasteiger charge is 2.20. The fraction of sp³-hybridized carbons (Fsp3) is 0.700. The number of hydrogen-bond acceptors (Lipinski definition) is 4. The highest BCUT2D eigenvalue weighted by atomic mass is 16.3. The van der Waals surface area contributed by atoms with Crippen LogP contribution in [0.5, 0.6) is 0 Å². The summed E-state index contributed by atoms with van der Waals surface area (Å²) in [7, 11) is 0. The zero-order valence-electron chi connectivity index (χ0n) is 9.54. The van der Waals surface area contributed by atoms with E-state index in [1.165, 1.54) is 0 Å². The summed E-state index contributed by atoms with van der Waals surface area (Å²) in [6.07, 6.45) is 0.535. The molecule has 6 nitrogen and oxygen atoms in total. The number of rotatable bonds is 5. The minimum absolute atomic E-state index is 0.0312. The second kappa shape index (κ2) is 6.80. The number of carbonyl (C=O) groups is 2. The maximum absolute atomic E-state index is 11.2. The molecule has 0 radical (unpaired) electrons. The summed E-state index contributed by atoms with van der Waals surface area (Å²) in [5, 5.41) is 21.6. The Morgan fingerprint density at radius 2 is 1.88 bits per heavy atom. The Labute approximate surface area is 94.6 Å². The first kappa shape index (κ1) is 14.4. The zero-order chi connectivity index (χ0) is 12.6. The monoisotopic (exact) mass is 227 g/mol. The molecule has 0 saturated carbocycles. The molecular weight excluding hydrogens is 210 g/mol. The maximum Gasteiger partial charge on any atom is 0.310 e. The van der Waals surface area contributed by atoms with Crippen LogP contribution in [-0.2, 0) is 9.59 Å². The average molecular weight is 227 g/mol. The van der Waals surface area contributed by atoms with Gasteiger partial charge in [-0.2, -0.15) is 5.26 Å². The van der Waals surface area contributed by atoms with E-state index in [2.05, 4.69) is 10.6 Å². The molecule has 0 aliphatic heterocycles. The van der Waals surface area contributed by atoms with E-state index in [1.54, 1.807) is 6.07 Å². The summed E-state index contributed by atoms with van der Waals surface area (Å²) >= 11 is 0. The van der Waals surface area contributed by atoms with Gasteiger partial charge in [0, 0.05) is 13.2 Å². The van der Waals surface area contributed by atoms with E-state index >= 15 is 0 Å². The number of aliphatic hydroxyl groups is 1. The first-order valence-corrected chi connectivity index (χ1v) is 4.97. The van der Waals surface area contributed by atoms with Gasteiger partial charge < -0.3 is 15.7 Å². The molecule has 2 amide bonds. The molecule has 0 aliphatic carbocycles. The molecule has 0 aliphatic rings. The fourth-order valence-electron chi connectivity index (χ4n) is 0.991. The topological polar surface area (TPSA) is 102 Å². The number of hydrogen-bond donors (Lipinski definition) is 3. The first-order chi connectivity index (χ1) is 7.43. The van der Waals surface area contributed by atoms with Crippen LogP contribution in [0.25, 0.3) is 0 Å². The Kier molecular flexibility index (Phi) is 6.11. The van der Waals surface area contributed by atoms with Crippen LogP contribution in [0, 0.1) is 16.7 Å². The Hall–Kier alpha value is -1.61. The quantitative estimate of drug-likeness (QED) is 0.420. The molecule has 0 aromatic carbocycles. The van der Waals surface area contributed by atoms with Crippen LogP contribution in [0.2, 0.25) is 0 Å². The van der Waals surface area contributed by atoms with Gasteiger partial charge in [0.05, 0.1) is 6.07 Å². The molecule has 0 aromatic rings. The van der Waals surface area contributed by atoms with Gasteiger partial charge in [0.25, 0.3) is 0 Å². The van der Waals surface area contributed by atoms with Crippen molar-refractivity contribution in [3.63, 3.8) is 0 Å². The Bertz CT molecular complexity index is 294. The molecule has 0 saturated heterocycles. The van der Waals surface area contributed by atoms with Crippen molar-refractivity contribution in [1.82, 2.24) is 10.6 Å². The number of nitrogens with one attached hydrogen (secondary N) is 2. The third-order valence-corrected chi connectivity index (χ3v) is 2.05. The normalized spacial score (nSPS) is 10.4. The molecule has 0 aromatic heterocycles.